The summed E-state index contributed by atoms with van der Waals surface area (Å²) in [6.07, 6.45) is 3.66. The van der Waals surface area contributed by atoms with Crippen LogP contribution in [-0.2, 0) is 6.42 Å². The molecule has 0 spiro atoms. The molecule has 1 amide bonds. The van der Waals surface area contributed by atoms with Crippen LogP contribution in [0.15, 0.2) is 57.7 Å². The summed E-state index contributed by atoms with van der Waals surface area (Å²) >= 11 is 0. The van der Waals surface area contributed by atoms with E-state index in [2.05, 4.69) is 22.2 Å². The zero-order chi connectivity index (χ0) is 20.1. The van der Waals surface area contributed by atoms with Gasteiger partial charge in [0.05, 0.1) is 13.4 Å². The van der Waals surface area contributed by atoms with Gasteiger partial charge in [0, 0.05) is 32.2 Å². The number of hydrogen-bond donors (Lipinski definition) is 0. The van der Waals surface area contributed by atoms with Gasteiger partial charge < -0.3 is 18.6 Å². The summed E-state index contributed by atoms with van der Waals surface area (Å²) in [6.45, 7) is 4.15. The molecule has 7 heteroatoms. The van der Waals surface area contributed by atoms with Crippen molar-refractivity contribution < 1.29 is 18.5 Å². The van der Waals surface area contributed by atoms with Crippen molar-refractivity contribution in [1.82, 2.24) is 15.0 Å². The van der Waals surface area contributed by atoms with Crippen molar-refractivity contribution in [3.63, 3.8) is 0 Å². The SMILES string of the molecule is COc1cccc(CCCN2CCN(C(=O)c3cc(-c4ccco4)on3)CC2)c1. The highest BCUT2D eigenvalue weighted by molar-refractivity contribution is 5.93. The number of rotatable bonds is 7. The molecule has 3 heterocycles. The maximum atomic E-state index is 12.7. The number of amides is 1. The van der Waals surface area contributed by atoms with Gasteiger partial charge in [-0.05, 0) is 49.2 Å². The van der Waals surface area contributed by atoms with Gasteiger partial charge in [0.25, 0.3) is 5.91 Å². The number of piperazine rings is 1. The fraction of sp³-hybridized carbons (Fsp3) is 0.364. The molecule has 1 fully saturated rings. The third kappa shape index (κ3) is 4.68. The molecule has 0 aliphatic carbocycles. The van der Waals surface area contributed by atoms with Gasteiger partial charge in [0.1, 0.15) is 5.75 Å². The molecule has 7 nitrogen and oxygen atoms in total. The fourth-order valence-corrected chi connectivity index (χ4v) is 3.58. The molecule has 0 saturated carbocycles. The van der Waals surface area contributed by atoms with Crippen molar-refractivity contribution in [3.8, 4) is 17.3 Å². The van der Waals surface area contributed by atoms with Crippen LogP contribution < -0.4 is 4.74 Å². The Bertz CT molecular complexity index is 927. The average Bonchev–Trinajstić information content (AvgIpc) is 3.46. The van der Waals surface area contributed by atoms with E-state index in [4.69, 9.17) is 13.7 Å². The Morgan fingerprint density at radius 1 is 1.10 bits per heavy atom. The van der Waals surface area contributed by atoms with E-state index < -0.39 is 0 Å². The summed E-state index contributed by atoms with van der Waals surface area (Å²) in [6, 6.07) is 13.4. The van der Waals surface area contributed by atoms with E-state index >= 15 is 0 Å². The highest BCUT2D eigenvalue weighted by Gasteiger charge is 2.25. The van der Waals surface area contributed by atoms with E-state index in [0.717, 1.165) is 38.2 Å². The molecule has 2 aromatic heterocycles. The van der Waals surface area contributed by atoms with Crippen molar-refractivity contribution >= 4 is 5.91 Å². The Balaban J connectivity index is 1.23. The van der Waals surface area contributed by atoms with E-state index in [-0.39, 0.29) is 5.91 Å². The number of nitrogens with zero attached hydrogens (tertiary/aromatic N) is 3. The number of furan rings is 1. The summed E-state index contributed by atoms with van der Waals surface area (Å²) in [5.41, 5.74) is 1.61. The molecule has 4 rings (SSSR count). The minimum absolute atomic E-state index is 0.0948. The molecule has 1 aromatic carbocycles. The smallest absolute Gasteiger partial charge is 0.276 e. The molecule has 1 saturated heterocycles. The molecule has 152 valence electrons. The molecule has 1 aliphatic rings. The standard InChI is InChI=1S/C22H25N3O4/c1-27-18-7-2-5-17(15-18)6-3-9-24-10-12-25(13-11-24)22(26)19-16-21(29-23-19)20-8-4-14-28-20/h2,4-5,7-8,14-16H,3,6,9-13H2,1H3. The van der Waals surface area contributed by atoms with Crippen LogP contribution in [0, 0.1) is 0 Å². The zero-order valence-electron chi connectivity index (χ0n) is 16.5. The molecular formula is C22H25N3O4. The number of benzene rings is 1. The van der Waals surface area contributed by atoms with Crippen molar-refractivity contribution in [2.45, 2.75) is 12.8 Å². The number of ether oxygens (including phenoxy) is 1. The van der Waals surface area contributed by atoms with Crippen LogP contribution in [0.2, 0.25) is 0 Å². The largest absolute Gasteiger partial charge is 0.497 e. The summed E-state index contributed by atoms with van der Waals surface area (Å²) in [4.78, 5) is 16.9. The summed E-state index contributed by atoms with van der Waals surface area (Å²) in [5.74, 6) is 1.84. The molecule has 3 aromatic rings. The number of aryl methyl sites for hydroxylation is 1. The monoisotopic (exact) mass is 395 g/mol. The van der Waals surface area contributed by atoms with Crippen LogP contribution in [0.1, 0.15) is 22.5 Å². The van der Waals surface area contributed by atoms with E-state index in [1.165, 1.54) is 5.56 Å². The Morgan fingerprint density at radius 3 is 2.72 bits per heavy atom. The first-order valence-electron chi connectivity index (χ1n) is 9.88. The minimum atomic E-state index is -0.0948. The summed E-state index contributed by atoms with van der Waals surface area (Å²) in [7, 11) is 1.69. The fourth-order valence-electron chi connectivity index (χ4n) is 3.58. The Kier molecular flexibility index (Phi) is 5.95. The van der Waals surface area contributed by atoms with Gasteiger partial charge in [0.2, 0.25) is 5.76 Å². The molecule has 0 N–H and O–H groups in total. The molecule has 1 aliphatic heterocycles. The zero-order valence-corrected chi connectivity index (χ0v) is 16.5. The van der Waals surface area contributed by atoms with Crippen molar-refractivity contribution in [1.29, 1.82) is 0 Å². The van der Waals surface area contributed by atoms with Crippen LogP contribution >= 0.6 is 0 Å². The lowest BCUT2D eigenvalue weighted by Gasteiger charge is -2.34. The predicted octanol–water partition coefficient (Wildman–Crippen LogP) is 3.33. The lowest BCUT2D eigenvalue weighted by molar-refractivity contribution is 0.0626. The van der Waals surface area contributed by atoms with Gasteiger partial charge in [-0.15, -0.1) is 0 Å². The lowest BCUT2D eigenvalue weighted by Crippen LogP contribution is -2.49. The van der Waals surface area contributed by atoms with Gasteiger partial charge in [-0.25, -0.2) is 0 Å². The van der Waals surface area contributed by atoms with Crippen LogP contribution in [-0.4, -0.2) is 60.7 Å². The summed E-state index contributed by atoms with van der Waals surface area (Å²) in [5, 5.41) is 3.91. The molecule has 0 unspecified atom stereocenters. The van der Waals surface area contributed by atoms with E-state index in [1.807, 2.05) is 17.0 Å². The number of carbonyl (C=O) groups is 1. The van der Waals surface area contributed by atoms with Crippen molar-refractivity contribution in [3.05, 3.63) is 60.0 Å². The van der Waals surface area contributed by atoms with Gasteiger partial charge in [-0.2, -0.15) is 0 Å². The quantitative estimate of drug-likeness (QED) is 0.611. The third-order valence-electron chi connectivity index (χ3n) is 5.23. The van der Waals surface area contributed by atoms with Gasteiger partial charge in [-0.1, -0.05) is 17.3 Å². The highest BCUT2D eigenvalue weighted by Crippen LogP contribution is 2.21. The van der Waals surface area contributed by atoms with E-state index in [0.29, 0.717) is 30.3 Å². The Labute approximate surface area is 169 Å². The number of aromatic nitrogens is 1. The van der Waals surface area contributed by atoms with Crippen LogP contribution in [0.25, 0.3) is 11.5 Å². The van der Waals surface area contributed by atoms with Crippen LogP contribution in [0.5, 0.6) is 5.75 Å². The van der Waals surface area contributed by atoms with Gasteiger partial charge in [-0.3, -0.25) is 9.69 Å². The van der Waals surface area contributed by atoms with Crippen molar-refractivity contribution in [2.24, 2.45) is 0 Å². The van der Waals surface area contributed by atoms with Crippen LogP contribution in [0.3, 0.4) is 0 Å². The molecule has 29 heavy (non-hydrogen) atoms. The topological polar surface area (TPSA) is 72.0 Å². The minimum Gasteiger partial charge on any atom is -0.497 e. The first-order valence-corrected chi connectivity index (χ1v) is 9.88. The van der Waals surface area contributed by atoms with Crippen molar-refractivity contribution in [2.75, 3.05) is 39.8 Å². The molecule has 0 bridgehead atoms. The predicted molar refractivity (Wildman–Crippen MR) is 108 cm³/mol. The maximum Gasteiger partial charge on any atom is 0.276 e. The first-order chi connectivity index (χ1) is 14.2. The normalized spacial score (nSPS) is 14.9. The second-order valence-electron chi connectivity index (χ2n) is 7.14. The average molecular weight is 395 g/mol. The maximum absolute atomic E-state index is 12.7. The Morgan fingerprint density at radius 2 is 1.97 bits per heavy atom. The lowest BCUT2D eigenvalue weighted by atomic mass is 10.1. The second-order valence-corrected chi connectivity index (χ2v) is 7.14. The molecule has 0 radical (unpaired) electrons. The highest BCUT2D eigenvalue weighted by atomic mass is 16.5. The second kappa shape index (κ2) is 8.96. The third-order valence-corrected chi connectivity index (χ3v) is 5.23. The summed E-state index contributed by atoms with van der Waals surface area (Å²) < 4.78 is 15.8. The number of carbonyl (C=O) groups excluding carboxylic acids is 1. The molecular weight excluding hydrogens is 370 g/mol. The van der Waals surface area contributed by atoms with E-state index in [1.54, 1.807) is 31.6 Å². The first kappa shape index (κ1) is 19.3. The number of hydrogen-bond acceptors (Lipinski definition) is 6. The van der Waals surface area contributed by atoms with E-state index in [9.17, 15) is 4.79 Å². The van der Waals surface area contributed by atoms with Crippen LogP contribution in [0.4, 0.5) is 0 Å². The van der Waals surface area contributed by atoms with Gasteiger partial charge >= 0.3 is 0 Å². The Hall–Kier alpha value is -3.06. The molecule has 0 atom stereocenters. The van der Waals surface area contributed by atoms with Gasteiger partial charge in [0.15, 0.2) is 11.5 Å². The number of methoxy groups -OCH3 is 1.